The lowest BCUT2D eigenvalue weighted by Crippen LogP contribution is -2.29. The van der Waals surface area contributed by atoms with Gasteiger partial charge in [-0.25, -0.2) is 0 Å². The van der Waals surface area contributed by atoms with Crippen LogP contribution in [0.15, 0.2) is 53.7 Å². The van der Waals surface area contributed by atoms with Crippen LogP contribution in [0.2, 0.25) is 0 Å². The van der Waals surface area contributed by atoms with Gasteiger partial charge in [-0.15, -0.1) is 10.2 Å². The number of hydrogen-bond donors (Lipinski definition) is 2. The number of ether oxygens (including phenoxy) is 1. The molecular weight excluding hydrogens is 426 g/mol. The van der Waals surface area contributed by atoms with Crippen LogP contribution >= 0.6 is 11.8 Å². The van der Waals surface area contributed by atoms with Crippen molar-refractivity contribution in [2.24, 2.45) is 0 Å². The van der Waals surface area contributed by atoms with Crippen LogP contribution < -0.4 is 15.4 Å². The number of carbonyl (C=O) groups is 2. The molecule has 1 atom stereocenters. The molecule has 32 heavy (non-hydrogen) atoms. The van der Waals surface area contributed by atoms with Gasteiger partial charge in [0, 0.05) is 17.8 Å². The Kier molecular flexibility index (Phi) is 7.88. The fourth-order valence-electron chi connectivity index (χ4n) is 3.19. The van der Waals surface area contributed by atoms with Crippen molar-refractivity contribution in [2.75, 3.05) is 18.2 Å². The third-order valence-corrected chi connectivity index (χ3v) is 5.86. The summed E-state index contributed by atoms with van der Waals surface area (Å²) < 4.78 is 7.03. The fraction of sp³-hybridized carbons (Fsp3) is 0.304. The average molecular weight is 454 g/mol. The molecule has 0 bridgehead atoms. The Balaban J connectivity index is 1.61. The highest BCUT2D eigenvalue weighted by molar-refractivity contribution is 7.99. The van der Waals surface area contributed by atoms with Crippen LogP contribution in [0, 0.1) is 6.92 Å². The van der Waals surface area contributed by atoms with E-state index in [0.29, 0.717) is 28.8 Å². The Bertz CT molecular complexity index is 1080. The molecule has 3 aromatic rings. The molecule has 0 saturated heterocycles. The second-order valence-corrected chi connectivity index (χ2v) is 8.10. The number of nitrogens with zero attached hydrogens (tertiary/aromatic N) is 3. The molecule has 0 aliphatic carbocycles. The third kappa shape index (κ3) is 5.67. The number of aromatic nitrogens is 3. The van der Waals surface area contributed by atoms with Gasteiger partial charge in [-0.05, 0) is 56.7 Å². The summed E-state index contributed by atoms with van der Waals surface area (Å²) in [4.78, 5) is 25.0. The zero-order chi connectivity index (χ0) is 23.1. The Hall–Kier alpha value is -3.33. The molecule has 1 heterocycles. The summed E-state index contributed by atoms with van der Waals surface area (Å²) in [6.07, 6.45) is 0. The van der Waals surface area contributed by atoms with Crippen LogP contribution in [0.3, 0.4) is 0 Å². The lowest BCUT2D eigenvalue weighted by Gasteiger charge is -2.16. The van der Waals surface area contributed by atoms with Gasteiger partial charge in [-0.2, -0.15) is 0 Å². The van der Waals surface area contributed by atoms with E-state index in [0.717, 1.165) is 11.3 Å². The summed E-state index contributed by atoms with van der Waals surface area (Å²) >= 11 is 1.30. The summed E-state index contributed by atoms with van der Waals surface area (Å²) in [6, 6.07) is 14.2. The molecule has 0 fully saturated rings. The van der Waals surface area contributed by atoms with Crippen LogP contribution in [0.5, 0.6) is 5.75 Å². The first-order valence-corrected chi connectivity index (χ1v) is 11.3. The molecule has 0 saturated carbocycles. The van der Waals surface area contributed by atoms with Gasteiger partial charge in [0.05, 0.1) is 18.9 Å². The highest BCUT2D eigenvalue weighted by Gasteiger charge is 2.20. The predicted octanol–water partition coefficient (Wildman–Crippen LogP) is 3.84. The van der Waals surface area contributed by atoms with Gasteiger partial charge in [-0.1, -0.05) is 30.0 Å². The number of methoxy groups -OCH3 is 1. The quantitative estimate of drug-likeness (QED) is 0.478. The van der Waals surface area contributed by atoms with Gasteiger partial charge in [0.25, 0.3) is 5.91 Å². The van der Waals surface area contributed by atoms with Gasteiger partial charge in [0.15, 0.2) is 11.0 Å². The van der Waals surface area contributed by atoms with Gasteiger partial charge in [0.1, 0.15) is 5.75 Å². The molecule has 2 N–H and O–H groups in total. The van der Waals surface area contributed by atoms with Crippen LogP contribution in [0.1, 0.15) is 41.6 Å². The van der Waals surface area contributed by atoms with E-state index < -0.39 is 0 Å². The predicted molar refractivity (Wildman–Crippen MR) is 125 cm³/mol. The molecule has 0 spiro atoms. The monoisotopic (exact) mass is 453 g/mol. The van der Waals surface area contributed by atoms with Crippen molar-refractivity contribution in [1.29, 1.82) is 0 Å². The number of carbonyl (C=O) groups excluding carboxylic acids is 2. The molecule has 0 radical (unpaired) electrons. The number of hydrogen-bond acceptors (Lipinski definition) is 6. The number of benzene rings is 2. The largest absolute Gasteiger partial charge is 0.497 e. The number of anilines is 1. The first-order chi connectivity index (χ1) is 15.4. The zero-order valence-corrected chi connectivity index (χ0v) is 19.4. The second-order valence-electron chi connectivity index (χ2n) is 7.16. The molecule has 168 valence electrons. The first-order valence-electron chi connectivity index (χ1n) is 10.3. The van der Waals surface area contributed by atoms with E-state index in [1.807, 2.05) is 43.5 Å². The van der Waals surface area contributed by atoms with Gasteiger partial charge >= 0.3 is 0 Å². The lowest BCUT2D eigenvalue weighted by atomic mass is 10.1. The average Bonchev–Trinajstić information content (AvgIpc) is 3.21. The van der Waals surface area contributed by atoms with Crippen molar-refractivity contribution >= 4 is 29.3 Å². The van der Waals surface area contributed by atoms with E-state index in [1.54, 1.807) is 37.4 Å². The van der Waals surface area contributed by atoms with Crippen molar-refractivity contribution in [3.05, 3.63) is 65.5 Å². The van der Waals surface area contributed by atoms with E-state index >= 15 is 0 Å². The molecular formula is C23H27N5O3S. The topological polar surface area (TPSA) is 98.1 Å². The third-order valence-electron chi connectivity index (χ3n) is 4.89. The molecule has 2 amide bonds. The van der Waals surface area contributed by atoms with Gasteiger partial charge < -0.3 is 19.9 Å². The normalized spacial score (nSPS) is 11.6. The maximum atomic E-state index is 12.7. The molecule has 3 rings (SSSR count). The maximum absolute atomic E-state index is 12.7. The van der Waals surface area contributed by atoms with E-state index in [4.69, 9.17) is 4.74 Å². The number of aryl methyl sites for hydroxylation is 1. The number of amides is 2. The Labute approximate surface area is 191 Å². The molecule has 1 aromatic heterocycles. The second kappa shape index (κ2) is 10.8. The molecule has 9 heteroatoms. The maximum Gasteiger partial charge on any atom is 0.252 e. The van der Waals surface area contributed by atoms with Crippen molar-refractivity contribution in [2.45, 2.75) is 38.5 Å². The molecule has 0 aliphatic rings. The summed E-state index contributed by atoms with van der Waals surface area (Å²) in [5.74, 6) is 1.26. The highest BCUT2D eigenvalue weighted by atomic mass is 32.2. The van der Waals surface area contributed by atoms with Crippen LogP contribution in [-0.2, 0) is 11.3 Å². The minimum atomic E-state index is -0.336. The number of thioether (sulfide) groups is 1. The molecule has 1 unspecified atom stereocenters. The van der Waals surface area contributed by atoms with Crippen LogP contribution in [-0.4, -0.2) is 39.4 Å². The summed E-state index contributed by atoms with van der Waals surface area (Å²) in [5.41, 5.74) is 2.24. The smallest absolute Gasteiger partial charge is 0.252 e. The number of nitrogens with one attached hydrogen (secondary N) is 2. The van der Waals surface area contributed by atoms with E-state index in [1.165, 1.54) is 11.8 Å². The standard InChI is InChI=1S/C23H27N5O3S/c1-5-28-21(16(3)24-22(30)19-9-7-6-8-15(19)2)26-27-23(28)32-14-20(29)25-17-10-12-18(31-4)13-11-17/h6-13,16H,5,14H2,1-4H3,(H,24,30)(H,25,29). The molecule has 8 nitrogen and oxygen atoms in total. The van der Waals surface area contributed by atoms with E-state index in [9.17, 15) is 9.59 Å². The van der Waals surface area contributed by atoms with Gasteiger partial charge in [-0.3, -0.25) is 9.59 Å². The molecule has 0 aliphatic heterocycles. The Morgan fingerprint density at radius 3 is 2.50 bits per heavy atom. The van der Waals surface area contributed by atoms with Crippen molar-refractivity contribution < 1.29 is 14.3 Å². The minimum absolute atomic E-state index is 0.145. The van der Waals surface area contributed by atoms with E-state index in [2.05, 4.69) is 20.8 Å². The number of rotatable bonds is 9. The van der Waals surface area contributed by atoms with Crippen molar-refractivity contribution in [3.63, 3.8) is 0 Å². The fourth-order valence-corrected chi connectivity index (χ4v) is 4.00. The molecule has 2 aromatic carbocycles. The van der Waals surface area contributed by atoms with Crippen LogP contribution in [0.25, 0.3) is 0 Å². The SMILES string of the molecule is CCn1c(SCC(=O)Nc2ccc(OC)cc2)nnc1C(C)NC(=O)c1ccccc1C. The van der Waals surface area contributed by atoms with Crippen molar-refractivity contribution in [1.82, 2.24) is 20.1 Å². The first kappa shape index (κ1) is 23.3. The highest BCUT2D eigenvalue weighted by Crippen LogP contribution is 2.22. The Morgan fingerprint density at radius 1 is 1.12 bits per heavy atom. The zero-order valence-electron chi connectivity index (χ0n) is 18.6. The van der Waals surface area contributed by atoms with Crippen LogP contribution in [0.4, 0.5) is 5.69 Å². The van der Waals surface area contributed by atoms with E-state index in [-0.39, 0.29) is 23.6 Å². The summed E-state index contributed by atoms with van der Waals surface area (Å²) in [6.45, 7) is 6.37. The van der Waals surface area contributed by atoms with Crippen molar-refractivity contribution in [3.8, 4) is 5.75 Å². The summed E-state index contributed by atoms with van der Waals surface area (Å²) in [7, 11) is 1.59. The van der Waals surface area contributed by atoms with Gasteiger partial charge in [0.2, 0.25) is 5.91 Å². The minimum Gasteiger partial charge on any atom is -0.497 e. The lowest BCUT2D eigenvalue weighted by molar-refractivity contribution is -0.113. The summed E-state index contributed by atoms with van der Waals surface area (Å²) in [5, 5.41) is 15.0. The Morgan fingerprint density at radius 2 is 1.84 bits per heavy atom.